The van der Waals surface area contributed by atoms with Gasteiger partial charge < -0.3 is 4.90 Å². The van der Waals surface area contributed by atoms with Crippen molar-refractivity contribution in [3.8, 4) is 0 Å². The minimum Gasteiger partial charge on any atom is -0.337 e. The first-order valence-electron chi connectivity index (χ1n) is 8.22. The molecule has 1 aromatic carbocycles. The predicted molar refractivity (Wildman–Crippen MR) is 85.1 cm³/mol. The highest BCUT2D eigenvalue weighted by atomic mass is 16.2. The van der Waals surface area contributed by atoms with E-state index in [9.17, 15) is 4.79 Å². The summed E-state index contributed by atoms with van der Waals surface area (Å²) in [6.45, 7) is 7.94. The summed E-state index contributed by atoms with van der Waals surface area (Å²) in [4.78, 5) is 16.8. The molecule has 0 N–H and O–H groups in total. The van der Waals surface area contributed by atoms with E-state index >= 15 is 0 Å². The Morgan fingerprint density at radius 2 is 2.05 bits per heavy atom. The van der Waals surface area contributed by atoms with Gasteiger partial charge in [-0.25, -0.2) is 0 Å². The summed E-state index contributed by atoms with van der Waals surface area (Å²) in [7, 11) is 0. The number of benzene rings is 1. The van der Waals surface area contributed by atoms with E-state index < -0.39 is 0 Å². The minimum absolute atomic E-state index is 0.161. The van der Waals surface area contributed by atoms with Gasteiger partial charge in [-0.2, -0.15) is 0 Å². The number of rotatable bonds is 2. The molecule has 0 aliphatic carbocycles. The van der Waals surface area contributed by atoms with Crippen LogP contribution in [0.1, 0.15) is 44.2 Å². The smallest absolute Gasteiger partial charge is 0.219 e. The van der Waals surface area contributed by atoms with Crippen molar-refractivity contribution in [1.29, 1.82) is 0 Å². The zero-order valence-corrected chi connectivity index (χ0v) is 13.3. The minimum atomic E-state index is 0.161. The number of hydrogen-bond donors (Lipinski definition) is 0. The highest BCUT2D eigenvalue weighted by Gasteiger charge is 2.43. The van der Waals surface area contributed by atoms with Crippen LogP contribution in [0.15, 0.2) is 24.3 Å². The number of carbonyl (C=O) groups excluding carboxylic acids is 1. The van der Waals surface area contributed by atoms with E-state index in [1.54, 1.807) is 6.92 Å². The van der Waals surface area contributed by atoms with Crippen molar-refractivity contribution in [2.24, 2.45) is 0 Å². The molecule has 3 heteroatoms. The van der Waals surface area contributed by atoms with Crippen LogP contribution < -0.4 is 0 Å². The second-order valence-corrected chi connectivity index (χ2v) is 6.64. The van der Waals surface area contributed by atoms with Gasteiger partial charge in [0.25, 0.3) is 0 Å². The highest BCUT2D eigenvalue weighted by Crippen LogP contribution is 2.37. The summed E-state index contributed by atoms with van der Waals surface area (Å²) in [6, 6.07) is 8.66. The van der Waals surface area contributed by atoms with E-state index in [1.807, 2.05) is 0 Å². The van der Waals surface area contributed by atoms with Gasteiger partial charge in [0.2, 0.25) is 5.91 Å². The van der Waals surface area contributed by atoms with Crippen molar-refractivity contribution in [1.82, 2.24) is 9.80 Å². The molecule has 0 saturated carbocycles. The Morgan fingerprint density at radius 1 is 1.29 bits per heavy atom. The van der Waals surface area contributed by atoms with Crippen LogP contribution in [0, 0.1) is 0 Å². The van der Waals surface area contributed by atoms with E-state index in [4.69, 9.17) is 0 Å². The van der Waals surface area contributed by atoms with Gasteiger partial charge in [0, 0.05) is 25.6 Å². The van der Waals surface area contributed by atoms with E-state index in [0.717, 1.165) is 26.1 Å². The first kappa shape index (κ1) is 14.6. The zero-order chi connectivity index (χ0) is 14.9. The number of hydrogen-bond acceptors (Lipinski definition) is 2. The molecule has 0 bridgehead atoms. The summed E-state index contributed by atoms with van der Waals surface area (Å²) < 4.78 is 0. The molecule has 2 heterocycles. The Kier molecular flexibility index (Phi) is 4.03. The molecule has 0 radical (unpaired) electrons. The topological polar surface area (TPSA) is 23.6 Å². The Bertz CT molecular complexity index is 528. The van der Waals surface area contributed by atoms with Crippen LogP contribution in [0.2, 0.25) is 0 Å². The van der Waals surface area contributed by atoms with Crippen molar-refractivity contribution < 1.29 is 4.79 Å². The van der Waals surface area contributed by atoms with Gasteiger partial charge in [-0.15, -0.1) is 0 Å². The Morgan fingerprint density at radius 3 is 2.76 bits per heavy atom. The van der Waals surface area contributed by atoms with Crippen LogP contribution in [0.4, 0.5) is 0 Å². The van der Waals surface area contributed by atoms with E-state index in [1.165, 1.54) is 36.9 Å². The molecule has 3 nitrogen and oxygen atoms in total. The third-order valence-corrected chi connectivity index (χ3v) is 5.16. The van der Waals surface area contributed by atoms with Crippen molar-refractivity contribution >= 4 is 5.91 Å². The van der Waals surface area contributed by atoms with Gasteiger partial charge >= 0.3 is 0 Å². The monoisotopic (exact) mass is 286 g/mol. The van der Waals surface area contributed by atoms with Crippen molar-refractivity contribution in [2.45, 2.75) is 51.6 Å². The molecule has 2 aliphatic rings. The lowest BCUT2D eigenvalue weighted by Gasteiger charge is -2.40. The van der Waals surface area contributed by atoms with Gasteiger partial charge in [0.1, 0.15) is 0 Å². The maximum Gasteiger partial charge on any atom is 0.219 e. The van der Waals surface area contributed by atoms with Crippen LogP contribution in [0.5, 0.6) is 0 Å². The molecule has 3 rings (SSSR count). The molecule has 1 aromatic rings. The van der Waals surface area contributed by atoms with Crippen molar-refractivity contribution in [3.05, 3.63) is 35.4 Å². The lowest BCUT2D eigenvalue weighted by Crippen LogP contribution is -2.53. The van der Waals surface area contributed by atoms with Gasteiger partial charge in [0.05, 0.1) is 0 Å². The second-order valence-electron chi connectivity index (χ2n) is 6.64. The Labute approximate surface area is 127 Å². The molecular weight excluding hydrogens is 260 g/mol. The van der Waals surface area contributed by atoms with Crippen LogP contribution >= 0.6 is 0 Å². The number of nitrogens with zero attached hydrogens (tertiary/aromatic N) is 2. The average molecular weight is 286 g/mol. The van der Waals surface area contributed by atoms with Crippen molar-refractivity contribution in [2.75, 3.05) is 19.6 Å². The van der Waals surface area contributed by atoms with E-state index in [-0.39, 0.29) is 11.4 Å². The molecule has 1 unspecified atom stereocenters. The molecule has 2 aliphatic heterocycles. The Hall–Kier alpha value is -1.35. The first-order chi connectivity index (χ1) is 10.1. The van der Waals surface area contributed by atoms with Crippen LogP contribution in [-0.2, 0) is 17.8 Å². The molecule has 1 saturated heterocycles. The Balaban J connectivity index is 1.99. The van der Waals surface area contributed by atoms with E-state index in [2.05, 4.69) is 41.0 Å². The maximum absolute atomic E-state index is 12.1. The molecule has 1 amide bonds. The summed E-state index contributed by atoms with van der Waals surface area (Å²) in [6.07, 6.45) is 4.75. The molecule has 21 heavy (non-hydrogen) atoms. The first-order valence-corrected chi connectivity index (χ1v) is 8.22. The fourth-order valence-corrected chi connectivity index (χ4v) is 4.13. The molecular formula is C18H26N2O. The van der Waals surface area contributed by atoms with E-state index in [0.29, 0.717) is 0 Å². The number of fused-ring (bicyclic) bond motifs is 1. The quantitative estimate of drug-likeness (QED) is 0.834. The number of carbonyl (C=O) groups is 1. The third kappa shape index (κ3) is 2.71. The fraction of sp³-hybridized carbons (Fsp3) is 0.611. The van der Waals surface area contributed by atoms with Gasteiger partial charge in [-0.3, -0.25) is 9.69 Å². The summed E-state index contributed by atoms with van der Waals surface area (Å²) in [5.41, 5.74) is 2.92. The van der Waals surface area contributed by atoms with Crippen molar-refractivity contribution in [3.63, 3.8) is 0 Å². The fourth-order valence-electron chi connectivity index (χ4n) is 4.13. The zero-order valence-electron chi connectivity index (χ0n) is 13.3. The van der Waals surface area contributed by atoms with Crippen LogP contribution in [0.3, 0.4) is 0 Å². The largest absolute Gasteiger partial charge is 0.337 e. The van der Waals surface area contributed by atoms with Gasteiger partial charge in [-0.05, 0) is 49.9 Å². The molecule has 1 spiro atoms. The third-order valence-electron chi connectivity index (χ3n) is 5.16. The highest BCUT2D eigenvalue weighted by molar-refractivity contribution is 5.73. The average Bonchev–Trinajstić information content (AvgIpc) is 2.74. The standard InChI is InChI=1S/C18H26N2O/c1-3-10-20-11-6-9-18(20)12-16-7-4-5-8-17(16)13-19(14-18)15(2)21/h4-5,7-8H,3,6,9-14H2,1-2H3. The maximum atomic E-state index is 12.1. The van der Waals surface area contributed by atoms with Gasteiger partial charge in [0.15, 0.2) is 0 Å². The SMILES string of the molecule is CCCN1CCCC12Cc1ccccc1CN(C(C)=O)C2. The molecule has 1 fully saturated rings. The molecule has 1 atom stereocenters. The van der Waals surface area contributed by atoms with Crippen LogP contribution in [-0.4, -0.2) is 40.9 Å². The summed E-state index contributed by atoms with van der Waals surface area (Å²) in [5.74, 6) is 0.203. The molecule has 114 valence electrons. The van der Waals surface area contributed by atoms with Crippen LogP contribution in [0.25, 0.3) is 0 Å². The summed E-state index contributed by atoms with van der Waals surface area (Å²) in [5, 5.41) is 0. The lowest BCUT2D eigenvalue weighted by atomic mass is 9.87. The summed E-state index contributed by atoms with van der Waals surface area (Å²) >= 11 is 0. The number of amides is 1. The van der Waals surface area contributed by atoms with Gasteiger partial charge in [-0.1, -0.05) is 31.2 Å². The number of likely N-dealkylation sites (tertiary alicyclic amines) is 1. The molecule has 0 aromatic heterocycles. The normalized spacial score (nSPS) is 25.9. The second kappa shape index (κ2) is 5.80. The lowest BCUT2D eigenvalue weighted by molar-refractivity contribution is -0.131. The predicted octanol–water partition coefficient (Wildman–Crippen LogP) is 2.84.